The summed E-state index contributed by atoms with van der Waals surface area (Å²) in [5.41, 5.74) is 0.461. The van der Waals surface area contributed by atoms with Gasteiger partial charge in [0.2, 0.25) is 11.8 Å². The van der Waals surface area contributed by atoms with Crippen molar-refractivity contribution < 1.29 is 19.1 Å². The maximum absolute atomic E-state index is 12.6. The Labute approximate surface area is 137 Å². The van der Waals surface area contributed by atoms with E-state index in [9.17, 15) is 9.59 Å². The number of nitrogens with zero attached hydrogens (tertiary/aromatic N) is 1. The first kappa shape index (κ1) is 14.5. The molecule has 4 heterocycles. The standard InChI is InChI=1S/C14H9Cl2NO4.CH4/c15-5-2-1-4(3-6(5)16)17-13(18)7-8(14(17)19)10-12-11(21-12)9(7)20-10;/h1-3,7-12H;1H4/t7-,8+,9?,10?,11-,12+;. The lowest BCUT2D eigenvalue weighted by atomic mass is 9.81. The average molecular weight is 342 g/mol. The first-order valence-corrected chi connectivity index (χ1v) is 7.47. The van der Waals surface area contributed by atoms with Crippen molar-refractivity contribution in [2.45, 2.75) is 31.8 Å². The minimum absolute atomic E-state index is 0. The zero-order valence-electron chi connectivity index (χ0n) is 10.5. The lowest BCUT2D eigenvalue weighted by Crippen LogP contribution is -2.35. The topological polar surface area (TPSA) is 59.1 Å². The molecule has 1 aromatic carbocycles. The number of imide groups is 1. The van der Waals surface area contributed by atoms with Crippen molar-refractivity contribution in [2.75, 3.05) is 4.90 Å². The van der Waals surface area contributed by atoms with Crippen molar-refractivity contribution in [3.63, 3.8) is 0 Å². The second-order valence-corrected chi connectivity index (χ2v) is 6.61. The first-order valence-electron chi connectivity index (χ1n) is 6.72. The zero-order valence-corrected chi connectivity index (χ0v) is 12.0. The van der Waals surface area contributed by atoms with Gasteiger partial charge in [0.15, 0.2) is 0 Å². The van der Waals surface area contributed by atoms with Crippen molar-refractivity contribution in [3.8, 4) is 0 Å². The lowest BCUT2D eigenvalue weighted by Gasteiger charge is -2.18. The zero-order chi connectivity index (χ0) is 14.5. The highest BCUT2D eigenvalue weighted by molar-refractivity contribution is 6.42. The van der Waals surface area contributed by atoms with Gasteiger partial charge in [-0.1, -0.05) is 30.6 Å². The number of ether oxygens (including phenoxy) is 2. The highest BCUT2D eigenvalue weighted by Crippen LogP contribution is 2.57. The number of hydrogen-bond acceptors (Lipinski definition) is 4. The molecule has 0 N–H and O–H groups in total. The van der Waals surface area contributed by atoms with E-state index >= 15 is 0 Å². The van der Waals surface area contributed by atoms with E-state index < -0.39 is 11.8 Å². The minimum Gasteiger partial charge on any atom is -0.368 e. The molecule has 0 aromatic heterocycles. The third kappa shape index (κ3) is 1.57. The van der Waals surface area contributed by atoms with E-state index in [4.69, 9.17) is 32.7 Å². The molecule has 2 bridgehead atoms. The van der Waals surface area contributed by atoms with E-state index in [1.807, 2.05) is 0 Å². The highest BCUT2D eigenvalue weighted by atomic mass is 35.5. The molecule has 4 saturated heterocycles. The van der Waals surface area contributed by atoms with Gasteiger partial charge < -0.3 is 9.47 Å². The second-order valence-electron chi connectivity index (χ2n) is 5.79. The molecule has 1 aromatic rings. The molecule has 4 fully saturated rings. The number of halogens is 2. The van der Waals surface area contributed by atoms with E-state index in [1.165, 1.54) is 4.90 Å². The fraction of sp³-hybridized carbons (Fsp3) is 0.467. The van der Waals surface area contributed by atoms with Crippen molar-refractivity contribution >= 4 is 40.7 Å². The van der Waals surface area contributed by atoms with Crippen LogP contribution in [0.4, 0.5) is 5.69 Å². The molecule has 5 nitrogen and oxygen atoms in total. The van der Waals surface area contributed by atoms with E-state index in [0.29, 0.717) is 15.7 Å². The van der Waals surface area contributed by atoms with Crippen molar-refractivity contribution in [1.29, 1.82) is 0 Å². The third-order valence-corrected chi connectivity index (χ3v) is 5.53. The van der Waals surface area contributed by atoms with Gasteiger partial charge >= 0.3 is 0 Å². The summed E-state index contributed by atoms with van der Waals surface area (Å²) in [5, 5.41) is 0.704. The first-order chi connectivity index (χ1) is 10.1. The minimum atomic E-state index is -0.430. The van der Waals surface area contributed by atoms with Crippen LogP contribution in [0, 0.1) is 11.8 Å². The summed E-state index contributed by atoms with van der Waals surface area (Å²) in [5.74, 6) is -1.32. The van der Waals surface area contributed by atoms with Gasteiger partial charge in [-0.05, 0) is 18.2 Å². The molecule has 6 atom stereocenters. The molecular weight excluding hydrogens is 329 g/mol. The number of carbonyl (C=O) groups excluding carboxylic acids is 2. The Morgan fingerprint density at radius 1 is 0.864 bits per heavy atom. The Bertz CT molecular complexity index is 677. The van der Waals surface area contributed by atoms with Gasteiger partial charge in [-0.2, -0.15) is 0 Å². The molecule has 4 aliphatic heterocycles. The number of amides is 2. The van der Waals surface area contributed by atoms with Gasteiger partial charge in [0.05, 0.1) is 39.8 Å². The fourth-order valence-electron chi connectivity index (χ4n) is 3.86. The molecule has 7 heteroatoms. The van der Waals surface area contributed by atoms with Crippen LogP contribution in [0.25, 0.3) is 0 Å². The van der Waals surface area contributed by atoms with Gasteiger partial charge in [0.1, 0.15) is 12.2 Å². The lowest BCUT2D eigenvalue weighted by molar-refractivity contribution is -0.126. The normalized spacial score (nSPS) is 40.5. The number of hydrogen-bond donors (Lipinski definition) is 0. The van der Waals surface area contributed by atoms with Gasteiger partial charge in [0.25, 0.3) is 0 Å². The van der Waals surface area contributed by atoms with Gasteiger partial charge in [-0.15, -0.1) is 0 Å². The number of carbonyl (C=O) groups is 2. The van der Waals surface area contributed by atoms with Crippen molar-refractivity contribution in [3.05, 3.63) is 28.2 Å². The van der Waals surface area contributed by atoms with Gasteiger partial charge in [0, 0.05) is 0 Å². The molecule has 2 amide bonds. The second kappa shape index (κ2) is 4.45. The van der Waals surface area contributed by atoms with Gasteiger partial charge in [-0.3, -0.25) is 9.59 Å². The summed E-state index contributed by atoms with van der Waals surface area (Å²) >= 11 is 11.9. The maximum Gasteiger partial charge on any atom is 0.240 e. The molecule has 0 radical (unpaired) electrons. The highest BCUT2D eigenvalue weighted by Gasteiger charge is 2.75. The predicted octanol–water partition coefficient (Wildman–Crippen LogP) is 2.28. The third-order valence-electron chi connectivity index (χ3n) is 4.79. The van der Waals surface area contributed by atoms with E-state index in [0.717, 1.165) is 0 Å². The van der Waals surface area contributed by atoms with Crippen LogP contribution in [0.1, 0.15) is 7.43 Å². The smallest absolute Gasteiger partial charge is 0.240 e. The van der Waals surface area contributed by atoms with Crippen LogP contribution in [0.2, 0.25) is 10.0 Å². The molecule has 116 valence electrons. The molecule has 0 saturated carbocycles. The molecule has 4 aliphatic rings. The number of fused-ring (bicyclic) bond motifs is 8. The van der Waals surface area contributed by atoms with E-state index in [2.05, 4.69) is 0 Å². The Kier molecular flexibility index (Phi) is 2.92. The van der Waals surface area contributed by atoms with Crippen LogP contribution in [-0.4, -0.2) is 36.2 Å². The van der Waals surface area contributed by atoms with Crippen LogP contribution < -0.4 is 4.90 Å². The summed E-state index contributed by atoms with van der Waals surface area (Å²) in [6, 6.07) is 4.76. The van der Waals surface area contributed by atoms with Crippen molar-refractivity contribution in [1.82, 2.24) is 0 Å². The van der Waals surface area contributed by atoms with Crippen LogP contribution >= 0.6 is 23.2 Å². The Hall–Kier alpha value is -1.14. The predicted molar refractivity (Wildman–Crippen MR) is 80.0 cm³/mol. The van der Waals surface area contributed by atoms with Crippen LogP contribution in [0.5, 0.6) is 0 Å². The summed E-state index contributed by atoms with van der Waals surface area (Å²) < 4.78 is 11.2. The SMILES string of the molecule is C.O=C1[C@@H]2C3OC([C@H]4O[C@@H]34)[C@@H]2C(=O)N1c1ccc(Cl)c(Cl)c1. The molecule has 22 heavy (non-hydrogen) atoms. The molecular formula is C15H13Cl2NO4. The van der Waals surface area contributed by atoms with Gasteiger partial charge in [-0.25, -0.2) is 4.90 Å². The fourth-order valence-corrected chi connectivity index (χ4v) is 4.15. The summed E-state index contributed by atoms with van der Waals surface area (Å²) in [6.45, 7) is 0. The van der Waals surface area contributed by atoms with E-state index in [1.54, 1.807) is 18.2 Å². The number of rotatable bonds is 1. The van der Waals surface area contributed by atoms with Crippen LogP contribution in [-0.2, 0) is 19.1 Å². The Balaban J connectivity index is 0.00000125. The molecule has 0 aliphatic carbocycles. The number of epoxide rings is 1. The Morgan fingerprint density at radius 2 is 1.41 bits per heavy atom. The number of benzene rings is 1. The molecule has 0 spiro atoms. The average Bonchev–Trinajstić information content (AvgIpc) is 2.97. The molecule has 2 unspecified atom stereocenters. The maximum atomic E-state index is 12.6. The summed E-state index contributed by atoms with van der Waals surface area (Å²) in [6.07, 6.45) is -0.591. The Morgan fingerprint density at radius 3 is 1.95 bits per heavy atom. The largest absolute Gasteiger partial charge is 0.368 e. The monoisotopic (exact) mass is 341 g/mol. The van der Waals surface area contributed by atoms with E-state index in [-0.39, 0.29) is 43.7 Å². The van der Waals surface area contributed by atoms with Crippen LogP contribution in [0.3, 0.4) is 0 Å². The molecule has 5 rings (SSSR count). The summed E-state index contributed by atoms with van der Waals surface area (Å²) in [7, 11) is 0. The summed E-state index contributed by atoms with van der Waals surface area (Å²) in [4.78, 5) is 26.5. The quantitative estimate of drug-likeness (QED) is 0.580. The number of anilines is 1. The van der Waals surface area contributed by atoms with Crippen LogP contribution in [0.15, 0.2) is 18.2 Å². The van der Waals surface area contributed by atoms with Crippen molar-refractivity contribution in [2.24, 2.45) is 11.8 Å².